The fourth-order valence-corrected chi connectivity index (χ4v) is 7.74. The highest BCUT2D eigenvalue weighted by molar-refractivity contribution is 7.12. The Morgan fingerprint density at radius 1 is 1.03 bits per heavy atom. The highest BCUT2D eigenvalue weighted by atomic mass is 32.1. The number of amides is 2. The van der Waals surface area contributed by atoms with Gasteiger partial charge in [0.15, 0.2) is 0 Å². The van der Waals surface area contributed by atoms with E-state index in [1.807, 2.05) is 34.5 Å². The number of nitrogens with one attached hydrogen (secondary N) is 1. The Morgan fingerprint density at radius 3 is 2.43 bits per heavy atom. The Labute approximate surface area is 181 Å². The van der Waals surface area contributed by atoms with Gasteiger partial charge in [0.1, 0.15) is 0 Å². The molecule has 1 N–H and O–H groups in total. The van der Waals surface area contributed by atoms with Crippen LogP contribution in [0.15, 0.2) is 35.7 Å². The number of benzene rings is 1. The molecule has 2 aromatic rings. The van der Waals surface area contributed by atoms with E-state index in [0.717, 1.165) is 78.2 Å². The third-order valence-corrected chi connectivity index (χ3v) is 8.81. The van der Waals surface area contributed by atoms with Gasteiger partial charge in [0.2, 0.25) is 5.91 Å². The maximum absolute atomic E-state index is 13.4. The number of nitrogens with zero attached hydrogens (tertiary/aromatic N) is 1. The zero-order chi connectivity index (χ0) is 20.3. The molecule has 5 heteroatoms. The molecule has 2 heterocycles. The van der Waals surface area contributed by atoms with Gasteiger partial charge in [-0.05, 0) is 104 Å². The van der Waals surface area contributed by atoms with E-state index in [4.69, 9.17) is 0 Å². The highest BCUT2D eigenvalue weighted by Crippen LogP contribution is 2.60. The molecular formula is C25H28N2O2S. The number of carbonyl (C=O) groups excluding carboxylic acids is 2. The van der Waals surface area contributed by atoms with Gasteiger partial charge in [-0.1, -0.05) is 6.07 Å². The summed E-state index contributed by atoms with van der Waals surface area (Å²) in [5.74, 6) is 2.62. The normalized spacial score (nSPS) is 31.5. The number of hydrogen-bond donors (Lipinski definition) is 1. The highest BCUT2D eigenvalue weighted by Gasteiger charge is 2.54. The predicted octanol–water partition coefficient (Wildman–Crippen LogP) is 5.50. The monoisotopic (exact) mass is 420 g/mol. The van der Waals surface area contributed by atoms with E-state index in [-0.39, 0.29) is 17.2 Å². The van der Waals surface area contributed by atoms with Crippen molar-refractivity contribution in [3.8, 4) is 0 Å². The SMILES string of the molecule is O=C(c1cccs1)N1CCCc2cc(NC(=O)C34CC5CC(CC(C5)C3)C4)ccc21. The van der Waals surface area contributed by atoms with Crippen LogP contribution in [0.3, 0.4) is 0 Å². The van der Waals surface area contributed by atoms with Crippen LogP contribution in [0.2, 0.25) is 0 Å². The summed E-state index contributed by atoms with van der Waals surface area (Å²) in [6, 6.07) is 9.92. The first-order valence-electron chi connectivity index (χ1n) is 11.4. The summed E-state index contributed by atoms with van der Waals surface area (Å²) in [5.41, 5.74) is 2.91. The van der Waals surface area contributed by atoms with Gasteiger partial charge < -0.3 is 10.2 Å². The minimum atomic E-state index is -0.133. The van der Waals surface area contributed by atoms with Crippen LogP contribution in [0.1, 0.15) is 60.2 Å². The number of fused-ring (bicyclic) bond motifs is 1. The first-order valence-corrected chi connectivity index (χ1v) is 12.3. The second kappa shape index (κ2) is 6.94. The van der Waals surface area contributed by atoms with E-state index in [1.165, 1.54) is 30.6 Å². The van der Waals surface area contributed by atoms with Crippen LogP contribution in [-0.2, 0) is 11.2 Å². The van der Waals surface area contributed by atoms with E-state index in [2.05, 4.69) is 11.4 Å². The van der Waals surface area contributed by atoms with E-state index in [9.17, 15) is 9.59 Å². The molecule has 0 unspecified atom stereocenters. The maximum atomic E-state index is 13.4. The van der Waals surface area contributed by atoms with Gasteiger partial charge in [-0.15, -0.1) is 11.3 Å². The number of thiophene rings is 1. The van der Waals surface area contributed by atoms with Crippen molar-refractivity contribution in [2.45, 2.75) is 51.4 Å². The summed E-state index contributed by atoms with van der Waals surface area (Å²) in [6.07, 6.45) is 9.19. The maximum Gasteiger partial charge on any atom is 0.268 e. The van der Waals surface area contributed by atoms with E-state index in [1.54, 1.807) is 0 Å². The number of anilines is 2. The molecule has 1 aromatic heterocycles. The summed E-state index contributed by atoms with van der Waals surface area (Å²) in [6.45, 7) is 0.753. The van der Waals surface area contributed by atoms with Gasteiger partial charge in [-0.2, -0.15) is 0 Å². The summed E-state index contributed by atoms with van der Waals surface area (Å²) in [7, 11) is 0. The molecule has 0 radical (unpaired) electrons. The van der Waals surface area contributed by atoms with Gasteiger partial charge in [-0.25, -0.2) is 0 Å². The smallest absolute Gasteiger partial charge is 0.268 e. The molecule has 4 aliphatic carbocycles. The van der Waals surface area contributed by atoms with Crippen LogP contribution >= 0.6 is 11.3 Å². The van der Waals surface area contributed by atoms with Crippen LogP contribution < -0.4 is 10.2 Å². The van der Waals surface area contributed by atoms with Crippen molar-refractivity contribution in [2.24, 2.45) is 23.2 Å². The standard InChI is InChI=1S/C25H28N2O2S/c28-23(22-4-2-8-30-22)27-7-1-3-19-12-20(5-6-21(19)27)26-24(29)25-13-16-9-17(14-25)11-18(10-16)15-25/h2,4-6,8,12,16-18H,1,3,7,9-11,13-15H2,(H,26,29). The lowest BCUT2D eigenvalue weighted by Gasteiger charge is -2.55. The summed E-state index contributed by atoms with van der Waals surface area (Å²) in [4.78, 5) is 29.0. The molecule has 1 aliphatic heterocycles. The summed E-state index contributed by atoms with van der Waals surface area (Å²) in [5, 5.41) is 5.23. The number of hydrogen-bond acceptors (Lipinski definition) is 3. The van der Waals surface area contributed by atoms with E-state index < -0.39 is 0 Å². The molecule has 7 rings (SSSR count). The molecule has 4 fully saturated rings. The fraction of sp³-hybridized carbons (Fsp3) is 0.520. The Balaban J connectivity index is 1.23. The van der Waals surface area contributed by atoms with Crippen LogP contribution in [-0.4, -0.2) is 18.4 Å². The van der Waals surface area contributed by atoms with Crippen molar-refractivity contribution in [3.63, 3.8) is 0 Å². The summed E-state index contributed by atoms with van der Waals surface area (Å²) < 4.78 is 0. The number of aryl methyl sites for hydroxylation is 1. The molecule has 4 nitrogen and oxygen atoms in total. The van der Waals surface area contributed by atoms with E-state index in [0.29, 0.717) is 0 Å². The molecule has 2 amide bonds. The lowest BCUT2D eigenvalue weighted by Crippen LogP contribution is -2.51. The minimum Gasteiger partial charge on any atom is -0.326 e. The quantitative estimate of drug-likeness (QED) is 0.713. The first kappa shape index (κ1) is 18.6. The molecule has 4 saturated carbocycles. The second-order valence-electron chi connectivity index (χ2n) is 10.0. The average molecular weight is 421 g/mol. The first-order chi connectivity index (χ1) is 14.6. The van der Waals surface area contributed by atoms with Crippen molar-refractivity contribution in [1.29, 1.82) is 0 Å². The third kappa shape index (κ3) is 3.01. The average Bonchev–Trinajstić information content (AvgIpc) is 3.26. The van der Waals surface area contributed by atoms with Gasteiger partial charge in [0.25, 0.3) is 5.91 Å². The molecule has 156 valence electrons. The lowest BCUT2D eigenvalue weighted by atomic mass is 9.49. The molecule has 0 saturated heterocycles. The Morgan fingerprint density at radius 2 is 1.77 bits per heavy atom. The van der Waals surface area contributed by atoms with Crippen molar-refractivity contribution in [2.75, 3.05) is 16.8 Å². The molecule has 0 atom stereocenters. The second-order valence-corrected chi connectivity index (χ2v) is 11.0. The van der Waals surface area contributed by atoms with Crippen molar-refractivity contribution >= 4 is 34.5 Å². The molecule has 4 bridgehead atoms. The summed E-state index contributed by atoms with van der Waals surface area (Å²) >= 11 is 1.49. The van der Waals surface area contributed by atoms with Gasteiger partial charge >= 0.3 is 0 Å². The molecule has 5 aliphatic rings. The zero-order valence-electron chi connectivity index (χ0n) is 17.2. The molecule has 0 spiro atoms. The Kier molecular flexibility index (Phi) is 4.31. The zero-order valence-corrected chi connectivity index (χ0v) is 18.0. The van der Waals surface area contributed by atoms with Gasteiger partial charge in [-0.3, -0.25) is 9.59 Å². The fourth-order valence-electron chi connectivity index (χ4n) is 7.07. The Bertz CT molecular complexity index is 961. The number of carbonyl (C=O) groups is 2. The van der Waals surface area contributed by atoms with Gasteiger partial charge in [0, 0.05) is 17.9 Å². The Hall–Kier alpha value is -2.14. The van der Waals surface area contributed by atoms with Crippen molar-refractivity contribution < 1.29 is 9.59 Å². The molecule has 1 aromatic carbocycles. The third-order valence-electron chi connectivity index (χ3n) is 7.95. The van der Waals surface area contributed by atoms with Gasteiger partial charge in [0.05, 0.1) is 10.3 Å². The van der Waals surface area contributed by atoms with Crippen LogP contribution in [0.5, 0.6) is 0 Å². The van der Waals surface area contributed by atoms with Crippen LogP contribution in [0.25, 0.3) is 0 Å². The number of rotatable bonds is 3. The van der Waals surface area contributed by atoms with Crippen molar-refractivity contribution in [1.82, 2.24) is 0 Å². The largest absolute Gasteiger partial charge is 0.326 e. The van der Waals surface area contributed by atoms with Crippen LogP contribution in [0.4, 0.5) is 11.4 Å². The predicted molar refractivity (Wildman–Crippen MR) is 120 cm³/mol. The molecular weight excluding hydrogens is 392 g/mol. The topological polar surface area (TPSA) is 49.4 Å². The van der Waals surface area contributed by atoms with E-state index >= 15 is 0 Å². The lowest BCUT2D eigenvalue weighted by molar-refractivity contribution is -0.140. The molecule has 30 heavy (non-hydrogen) atoms. The van der Waals surface area contributed by atoms with Crippen molar-refractivity contribution in [3.05, 3.63) is 46.2 Å². The van der Waals surface area contributed by atoms with Crippen LogP contribution in [0, 0.1) is 23.2 Å². The minimum absolute atomic E-state index is 0.0799.